The molecule has 0 saturated carbocycles. The lowest BCUT2D eigenvalue weighted by atomic mass is 9.81. The van der Waals surface area contributed by atoms with Crippen LogP contribution in [0.25, 0.3) is 22.0 Å². The van der Waals surface area contributed by atoms with E-state index in [-0.39, 0.29) is 11.7 Å². The molecule has 0 radical (unpaired) electrons. The molecule has 1 amide bonds. The molecule has 4 nitrogen and oxygen atoms in total. The molecule has 0 bridgehead atoms. The van der Waals surface area contributed by atoms with Crippen LogP contribution in [0.1, 0.15) is 48.7 Å². The summed E-state index contributed by atoms with van der Waals surface area (Å²) in [6, 6.07) is 17.2. The molecule has 0 saturated heterocycles. The van der Waals surface area contributed by atoms with Crippen LogP contribution in [0, 0.1) is 27.7 Å². The van der Waals surface area contributed by atoms with Crippen molar-refractivity contribution in [3.8, 4) is 11.1 Å². The van der Waals surface area contributed by atoms with Gasteiger partial charge in [-0.2, -0.15) is 0 Å². The van der Waals surface area contributed by atoms with Gasteiger partial charge in [0.05, 0.1) is 16.8 Å². The van der Waals surface area contributed by atoms with E-state index in [4.69, 9.17) is 4.98 Å². The van der Waals surface area contributed by atoms with Gasteiger partial charge >= 0.3 is 0 Å². The number of nitrogens with zero attached hydrogens (tertiary/aromatic N) is 1. The number of carbonyl (C=O) groups is 2. The summed E-state index contributed by atoms with van der Waals surface area (Å²) in [7, 11) is 0. The second-order valence-electron chi connectivity index (χ2n) is 8.25. The number of anilines is 1. The van der Waals surface area contributed by atoms with Crippen molar-refractivity contribution in [2.45, 2.75) is 27.7 Å². The number of aromatic nitrogens is 1. The summed E-state index contributed by atoms with van der Waals surface area (Å²) in [4.78, 5) is 31.5. The Bertz CT molecular complexity index is 1410. The fraction of sp³-hybridized carbons (Fsp3) is 0.148. The predicted octanol–water partition coefficient (Wildman–Crippen LogP) is 5.93. The first-order valence-corrected chi connectivity index (χ1v) is 10.3. The van der Waals surface area contributed by atoms with Crippen molar-refractivity contribution in [2.24, 2.45) is 0 Å². The van der Waals surface area contributed by atoms with Crippen LogP contribution in [0.2, 0.25) is 0 Å². The number of hydrogen-bond donors (Lipinski definition) is 1. The number of rotatable bonds is 2. The van der Waals surface area contributed by atoms with Gasteiger partial charge in [-0.05, 0) is 50.5 Å². The van der Waals surface area contributed by atoms with Crippen molar-refractivity contribution >= 4 is 28.3 Å². The van der Waals surface area contributed by atoms with Gasteiger partial charge in [0.25, 0.3) is 5.91 Å². The first kappa shape index (κ1) is 19.2. The average molecular weight is 406 g/mol. The molecule has 4 heteroatoms. The summed E-state index contributed by atoms with van der Waals surface area (Å²) in [6.45, 7) is 7.89. The van der Waals surface area contributed by atoms with E-state index in [9.17, 15) is 9.59 Å². The Morgan fingerprint density at radius 1 is 0.839 bits per heavy atom. The molecule has 0 atom stereocenters. The number of fused-ring (bicyclic) bond motifs is 2. The Morgan fingerprint density at radius 2 is 1.48 bits per heavy atom. The minimum atomic E-state index is -0.212. The molecule has 1 aliphatic carbocycles. The first-order chi connectivity index (χ1) is 14.9. The molecule has 1 heterocycles. The molecule has 1 aromatic heterocycles. The minimum Gasteiger partial charge on any atom is -0.321 e. The van der Waals surface area contributed by atoms with Crippen LogP contribution >= 0.6 is 0 Å². The van der Waals surface area contributed by atoms with Gasteiger partial charge < -0.3 is 5.32 Å². The molecule has 0 aliphatic heterocycles. The van der Waals surface area contributed by atoms with Crippen molar-refractivity contribution in [3.05, 3.63) is 93.7 Å². The summed E-state index contributed by atoms with van der Waals surface area (Å²) in [5.74, 6) is -0.244. The van der Waals surface area contributed by atoms with Crippen LogP contribution in [-0.2, 0) is 0 Å². The Kier molecular flexibility index (Phi) is 4.26. The molecular weight excluding hydrogens is 384 g/mol. The highest BCUT2D eigenvalue weighted by Gasteiger charge is 2.30. The molecule has 0 fully saturated rings. The predicted molar refractivity (Wildman–Crippen MR) is 124 cm³/mol. The van der Waals surface area contributed by atoms with Crippen molar-refractivity contribution in [2.75, 3.05) is 5.32 Å². The quantitative estimate of drug-likeness (QED) is 0.395. The number of ketones is 1. The maximum atomic E-state index is 13.6. The summed E-state index contributed by atoms with van der Waals surface area (Å²) in [5, 5.41) is 3.87. The van der Waals surface area contributed by atoms with E-state index < -0.39 is 0 Å². The van der Waals surface area contributed by atoms with E-state index in [2.05, 4.69) is 17.4 Å². The van der Waals surface area contributed by atoms with Crippen LogP contribution in [-0.4, -0.2) is 16.7 Å². The summed E-state index contributed by atoms with van der Waals surface area (Å²) in [5.41, 5.74) is 8.66. The largest absolute Gasteiger partial charge is 0.321 e. The Labute approximate surface area is 181 Å². The van der Waals surface area contributed by atoms with Crippen LogP contribution in [0.5, 0.6) is 0 Å². The van der Waals surface area contributed by atoms with Crippen LogP contribution < -0.4 is 5.32 Å². The topological polar surface area (TPSA) is 59.1 Å². The van der Waals surface area contributed by atoms with Crippen LogP contribution in [0.4, 0.5) is 5.69 Å². The van der Waals surface area contributed by atoms with E-state index in [1.165, 1.54) is 0 Å². The third-order valence-corrected chi connectivity index (χ3v) is 6.02. The zero-order valence-corrected chi connectivity index (χ0v) is 18.0. The summed E-state index contributed by atoms with van der Waals surface area (Å²) in [6.07, 6.45) is 0. The zero-order valence-electron chi connectivity index (χ0n) is 18.0. The lowest BCUT2D eigenvalue weighted by Crippen LogP contribution is -2.20. The molecule has 4 aromatic rings. The number of carbonyl (C=O) groups excluding carboxylic acids is 2. The van der Waals surface area contributed by atoms with Crippen molar-refractivity contribution in [3.63, 3.8) is 0 Å². The smallest absolute Gasteiger partial charge is 0.258 e. The normalized spacial score (nSPS) is 12.1. The first-order valence-electron chi connectivity index (χ1n) is 10.3. The lowest BCUT2D eigenvalue weighted by Gasteiger charge is -2.23. The monoisotopic (exact) mass is 406 g/mol. The highest BCUT2D eigenvalue weighted by Crippen LogP contribution is 2.42. The Hall–Kier alpha value is -3.79. The maximum absolute atomic E-state index is 13.6. The van der Waals surface area contributed by atoms with Gasteiger partial charge in [-0.3, -0.25) is 14.6 Å². The second-order valence-corrected chi connectivity index (χ2v) is 8.25. The zero-order chi connectivity index (χ0) is 21.9. The van der Waals surface area contributed by atoms with Crippen LogP contribution in [0.3, 0.4) is 0 Å². The molecular formula is C27H22N2O2. The van der Waals surface area contributed by atoms with E-state index >= 15 is 0 Å². The minimum absolute atomic E-state index is 0.0315. The number of nitrogens with one attached hydrogen (secondary N) is 1. The molecule has 0 unspecified atom stereocenters. The highest BCUT2D eigenvalue weighted by molar-refractivity contribution is 6.28. The standard InChI is InChI=1S/C27H22N2O2/c1-14-12-15(2)25(16(3)13-14)29-27(31)22-17(4)28-21-11-7-10-20-23(21)24(22)18-8-5-6-9-19(18)26(20)30/h5-13H,1-4H3,(H,29,31). The van der Waals surface area contributed by atoms with Crippen molar-refractivity contribution < 1.29 is 9.59 Å². The average Bonchev–Trinajstić information content (AvgIpc) is 2.73. The van der Waals surface area contributed by atoms with E-state index in [1.54, 1.807) is 0 Å². The van der Waals surface area contributed by atoms with E-state index in [0.29, 0.717) is 22.4 Å². The van der Waals surface area contributed by atoms with Gasteiger partial charge in [0.15, 0.2) is 5.78 Å². The van der Waals surface area contributed by atoms with Gasteiger partial charge in [0.2, 0.25) is 0 Å². The molecule has 1 aliphatic rings. The third-order valence-electron chi connectivity index (χ3n) is 6.02. The third kappa shape index (κ3) is 2.87. The number of hydrogen-bond acceptors (Lipinski definition) is 3. The van der Waals surface area contributed by atoms with E-state index in [1.807, 2.05) is 70.2 Å². The van der Waals surface area contributed by atoms with Gasteiger partial charge in [-0.15, -0.1) is 0 Å². The van der Waals surface area contributed by atoms with E-state index in [0.717, 1.165) is 44.4 Å². The molecule has 0 spiro atoms. The molecule has 5 rings (SSSR count). The van der Waals surface area contributed by atoms with Gasteiger partial charge in [0.1, 0.15) is 0 Å². The summed E-state index contributed by atoms with van der Waals surface area (Å²) < 4.78 is 0. The van der Waals surface area contributed by atoms with Crippen LogP contribution in [0.15, 0.2) is 54.6 Å². The fourth-order valence-electron chi connectivity index (χ4n) is 4.77. The maximum Gasteiger partial charge on any atom is 0.258 e. The number of benzene rings is 3. The molecule has 152 valence electrons. The highest BCUT2D eigenvalue weighted by atomic mass is 16.1. The Balaban J connectivity index is 1.78. The number of aryl methyl sites for hydroxylation is 4. The second kappa shape index (κ2) is 6.88. The van der Waals surface area contributed by atoms with Gasteiger partial charge in [-0.1, -0.05) is 54.1 Å². The van der Waals surface area contributed by atoms with Gasteiger partial charge in [-0.25, -0.2) is 0 Å². The van der Waals surface area contributed by atoms with Crippen molar-refractivity contribution in [1.29, 1.82) is 0 Å². The number of amides is 1. The molecule has 31 heavy (non-hydrogen) atoms. The van der Waals surface area contributed by atoms with Crippen molar-refractivity contribution in [1.82, 2.24) is 4.98 Å². The lowest BCUT2D eigenvalue weighted by molar-refractivity contribution is 0.102. The Morgan fingerprint density at radius 3 is 2.19 bits per heavy atom. The SMILES string of the molecule is Cc1cc(C)c(NC(=O)c2c(C)nc3cccc4c3c2-c2ccccc2C4=O)c(C)c1. The fourth-order valence-corrected chi connectivity index (χ4v) is 4.77. The summed E-state index contributed by atoms with van der Waals surface area (Å²) >= 11 is 0. The van der Waals surface area contributed by atoms with Gasteiger partial charge in [0, 0.05) is 27.8 Å². The molecule has 3 aromatic carbocycles. The molecule has 1 N–H and O–H groups in total. The number of pyridine rings is 1.